The molecule has 1 aliphatic heterocycles. The number of aliphatic imine (C=N–C) groups is 1. The number of amides is 1. The molecule has 2 aromatic carbocycles. The highest BCUT2D eigenvalue weighted by Gasteiger charge is 2.21. The first-order chi connectivity index (χ1) is 15.1. The highest BCUT2D eigenvalue weighted by Crippen LogP contribution is 2.21. The van der Waals surface area contributed by atoms with E-state index in [2.05, 4.69) is 53.5 Å². The minimum Gasteiger partial charge on any atom is -0.357 e. The zero-order chi connectivity index (χ0) is 22.1. The minimum absolute atomic E-state index is 0.0389. The van der Waals surface area contributed by atoms with E-state index in [1.807, 2.05) is 18.2 Å². The summed E-state index contributed by atoms with van der Waals surface area (Å²) in [6.07, 6.45) is 4.40. The van der Waals surface area contributed by atoms with E-state index < -0.39 is 0 Å². The fraction of sp³-hybridized carbons (Fsp3) is 0.462. The molecule has 1 amide bonds. The Morgan fingerprint density at radius 1 is 1.06 bits per heavy atom. The van der Waals surface area contributed by atoms with E-state index in [0.717, 1.165) is 49.1 Å². The molecule has 31 heavy (non-hydrogen) atoms. The number of nitrogens with zero attached hydrogens (tertiary/aromatic N) is 3. The number of carbonyl (C=O) groups excluding carboxylic acids is 1. The van der Waals surface area contributed by atoms with Crippen LogP contribution < -0.4 is 5.32 Å². The predicted molar refractivity (Wildman–Crippen MR) is 129 cm³/mol. The number of guanidine groups is 1. The first-order valence-electron chi connectivity index (χ1n) is 11.4. The second-order valence-corrected chi connectivity index (χ2v) is 8.51. The number of piperidine rings is 1. The Bertz CT molecular complexity index is 855. The van der Waals surface area contributed by atoms with Gasteiger partial charge in [-0.1, -0.05) is 42.5 Å². The highest BCUT2D eigenvalue weighted by atomic mass is 16.2. The standard InChI is InChI=1S/C26H36N4O/c1-4-27-26(28-16-13-22-11-8-12-24(20-22)25(31)29(2)3)30-17-14-23(15-18-30)19-21-9-6-5-7-10-21/h5-12,20,23H,4,13-19H2,1-3H3,(H,27,28). The van der Waals surface area contributed by atoms with Crippen molar-refractivity contribution in [1.29, 1.82) is 0 Å². The minimum atomic E-state index is 0.0389. The Labute approximate surface area is 187 Å². The number of rotatable bonds is 7. The summed E-state index contributed by atoms with van der Waals surface area (Å²) in [6.45, 7) is 5.81. The Morgan fingerprint density at radius 2 is 1.77 bits per heavy atom. The first-order valence-corrected chi connectivity index (χ1v) is 11.4. The Hall–Kier alpha value is -2.82. The fourth-order valence-corrected chi connectivity index (χ4v) is 4.13. The van der Waals surface area contributed by atoms with Crippen LogP contribution in [0.15, 0.2) is 59.6 Å². The van der Waals surface area contributed by atoms with E-state index in [1.165, 1.54) is 24.8 Å². The molecule has 1 saturated heterocycles. The molecule has 0 radical (unpaired) electrons. The number of hydrogen-bond acceptors (Lipinski definition) is 2. The van der Waals surface area contributed by atoms with Crippen molar-refractivity contribution in [2.75, 3.05) is 40.3 Å². The van der Waals surface area contributed by atoms with Gasteiger partial charge in [0.2, 0.25) is 0 Å². The van der Waals surface area contributed by atoms with Crippen LogP contribution in [0.5, 0.6) is 0 Å². The van der Waals surface area contributed by atoms with Gasteiger partial charge in [0, 0.05) is 45.8 Å². The van der Waals surface area contributed by atoms with E-state index in [9.17, 15) is 4.79 Å². The summed E-state index contributed by atoms with van der Waals surface area (Å²) < 4.78 is 0. The molecule has 0 spiro atoms. The molecule has 0 aromatic heterocycles. The number of nitrogens with one attached hydrogen (secondary N) is 1. The van der Waals surface area contributed by atoms with E-state index in [-0.39, 0.29) is 5.91 Å². The normalized spacial score (nSPS) is 15.1. The van der Waals surface area contributed by atoms with Gasteiger partial charge in [0.05, 0.1) is 0 Å². The van der Waals surface area contributed by atoms with Gasteiger partial charge in [-0.2, -0.15) is 0 Å². The predicted octanol–water partition coefficient (Wildman–Crippen LogP) is 3.85. The van der Waals surface area contributed by atoms with Crippen molar-refractivity contribution in [2.24, 2.45) is 10.9 Å². The molecule has 1 fully saturated rings. The van der Waals surface area contributed by atoms with Crippen LogP contribution in [0.3, 0.4) is 0 Å². The lowest BCUT2D eigenvalue weighted by Crippen LogP contribution is -2.46. The first kappa shape index (κ1) is 22.9. The van der Waals surface area contributed by atoms with Crippen LogP contribution in [0.25, 0.3) is 0 Å². The molecule has 0 unspecified atom stereocenters. The fourth-order valence-electron chi connectivity index (χ4n) is 4.13. The molecular weight excluding hydrogens is 384 g/mol. The molecule has 0 atom stereocenters. The van der Waals surface area contributed by atoms with Gasteiger partial charge in [-0.15, -0.1) is 0 Å². The summed E-state index contributed by atoms with van der Waals surface area (Å²) in [6, 6.07) is 18.7. The van der Waals surface area contributed by atoms with Crippen molar-refractivity contribution in [3.8, 4) is 0 Å². The second kappa shape index (κ2) is 11.5. The smallest absolute Gasteiger partial charge is 0.253 e. The molecule has 1 heterocycles. The van der Waals surface area contributed by atoms with E-state index in [4.69, 9.17) is 4.99 Å². The van der Waals surface area contributed by atoms with Crippen molar-refractivity contribution in [3.05, 3.63) is 71.3 Å². The largest absolute Gasteiger partial charge is 0.357 e. The number of likely N-dealkylation sites (tertiary alicyclic amines) is 1. The van der Waals surface area contributed by atoms with Gasteiger partial charge in [0.15, 0.2) is 5.96 Å². The van der Waals surface area contributed by atoms with Crippen molar-refractivity contribution in [3.63, 3.8) is 0 Å². The average molecular weight is 421 g/mol. The van der Waals surface area contributed by atoms with Crippen LogP contribution in [-0.4, -0.2) is 61.9 Å². The summed E-state index contributed by atoms with van der Waals surface area (Å²) in [5.41, 5.74) is 3.32. The maximum atomic E-state index is 12.2. The third-order valence-corrected chi connectivity index (χ3v) is 5.86. The van der Waals surface area contributed by atoms with Gasteiger partial charge in [-0.25, -0.2) is 0 Å². The SMILES string of the molecule is CCNC(=NCCc1cccc(C(=O)N(C)C)c1)N1CCC(Cc2ccccc2)CC1. The monoisotopic (exact) mass is 420 g/mol. The number of benzene rings is 2. The van der Waals surface area contributed by atoms with Crippen LogP contribution in [0, 0.1) is 5.92 Å². The third kappa shape index (κ3) is 6.84. The van der Waals surface area contributed by atoms with Gasteiger partial charge in [-0.05, 0) is 61.8 Å². The van der Waals surface area contributed by atoms with Crippen LogP contribution in [0.4, 0.5) is 0 Å². The molecule has 1 aliphatic rings. The number of hydrogen-bond donors (Lipinski definition) is 1. The van der Waals surface area contributed by atoms with Crippen molar-refractivity contribution in [1.82, 2.24) is 15.1 Å². The van der Waals surface area contributed by atoms with E-state index in [1.54, 1.807) is 19.0 Å². The third-order valence-electron chi connectivity index (χ3n) is 5.86. The van der Waals surface area contributed by atoms with Gasteiger partial charge < -0.3 is 15.1 Å². The Kier molecular flexibility index (Phi) is 8.51. The van der Waals surface area contributed by atoms with Gasteiger partial charge in [0.1, 0.15) is 0 Å². The van der Waals surface area contributed by atoms with E-state index >= 15 is 0 Å². The van der Waals surface area contributed by atoms with Gasteiger partial charge in [-0.3, -0.25) is 9.79 Å². The topological polar surface area (TPSA) is 47.9 Å². The number of carbonyl (C=O) groups is 1. The molecule has 0 aliphatic carbocycles. The van der Waals surface area contributed by atoms with Crippen LogP contribution >= 0.6 is 0 Å². The van der Waals surface area contributed by atoms with Crippen molar-refractivity contribution >= 4 is 11.9 Å². The molecular formula is C26H36N4O. The Balaban J connectivity index is 1.54. The lowest BCUT2D eigenvalue weighted by Gasteiger charge is -2.34. The molecule has 1 N–H and O–H groups in total. The summed E-state index contributed by atoms with van der Waals surface area (Å²) in [4.78, 5) is 21.1. The molecule has 3 rings (SSSR count). The Morgan fingerprint density at radius 3 is 2.45 bits per heavy atom. The van der Waals surface area contributed by atoms with Gasteiger partial charge in [0.25, 0.3) is 5.91 Å². The van der Waals surface area contributed by atoms with Crippen molar-refractivity contribution < 1.29 is 4.79 Å². The van der Waals surface area contributed by atoms with Crippen LogP contribution in [0.2, 0.25) is 0 Å². The average Bonchev–Trinajstić information content (AvgIpc) is 2.79. The molecule has 5 heteroatoms. The zero-order valence-corrected chi connectivity index (χ0v) is 19.2. The lowest BCUT2D eigenvalue weighted by molar-refractivity contribution is 0.0827. The van der Waals surface area contributed by atoms with E-state index in [0.29, 0.717) is 6.54 Å². The summed E-state index contributed by atoms with van der Waals surface area (Å²) in [5, 5.41) is 3.46. The molecule has 2 aromatic rings. The summed E-state index contributed by atoms with van der Waals surface area (Å²) in [5.74, 6) is 1.80. The van der Waals surface area contributed by atoms with Crippen LogP contribution in [-0.2, 0) is 12.8 Å². The van der Waals surface area contributed by atoms with Crippen molar-refractivity contribution in [2.45, 2.75) is 32.6 Å². The summed E-state index contributed by atoms with van der Waals surface area (Å²) in [7, 11) is 3.57. The van der Waals surface area contributed by atoms with Crippen LogP contribution in [0.1, 0.15) is 41.3 Å². The second-order valence-electron chi connectivity index (χ2n) is 8.51. The molecule has 0 bridgehead atoms. The van der Waals surface area contributed by atoms with Gasteiger partial charge >= 0.3 is 0 Å². The maximum Gasteiger partial charge on any atom is 0.253 e. The molecule has 166 valence electrons. The summed E-state index contributed by atoms with van der Waals surface area (Å²) >= 11 is 0. The molecule has 5 nitrogen and oxygen atoms in total. The molecule has 0 saturated carbocycles. The zero-order valence-electron chi connectivity index (χ0n) is 19.2. The lowest BCUT2D eigenvalue weighted by atomic mass is 9.90. The quantitative estimate of drug-likeness (QED) is 0.547. The highest BCUT2D eigenvalue weighted by molar-refractivity contribution is 5.94. The maximum absolute atomic E-state index is 12.2.